The van der Waals surface area contributed by atoms with Crippen molar-refractivity contribution in [2.75, 3.05) is 6.61 Å². The number of carbonyl (C=O) groups is 1. The monoisotopic (exact) mass is 302 g/mol. The van der Waals surface area contributed by atoms with Gasteiger partial charge in [-0.2, -0.15) is 0 Å². The summed E-state index contributed by atoms with van der Waals surface area (Å²) in [6.45, 7) is 8.78. The molecule has 5 atom stereocenters. The van der Waals surface area contributed by atoms with Crippen LogP contribution in [-0.2, 0) is 33.2 Å². The van der Waals surface area contributed by atoms with Gasteiger partial charge in [-0.1, -0.05) is 0 Å². The first-order chi connectivity index (χ1) is 9.67. The molecule has 0 aliphatic carbocycles. The maximum absolute atomic E-state index is 11.0. The molecule has 0 bridgehead atoms. The summed E-state index contributed by atoms with van der Waals surface area (Å²) in [7, 11) is 0. The molecule has 3 fully saturated rings. The molecule has 0 aromatic carbocycles. The summed E-state index contributed by atoms with van der Waals surface area (Å²) in [6, 6.07) is 0. The highest BCUT2D eigenvalue weighted by Gasteiger charge is 2.60. The smallest absolute Gasteiger partial charge is 0.302 e. The van der Waals surface area contributed by atoms with Gasteiger partial charge >= 0.3 is 5.97 Å². The standard InChI is InChI=1S/C14H22O7/c1-7(15)16-6-8-9-10(19-13(2,3)18-9)11-12(17-8)21-14(4,5)20-11/h8-12H,6H2,1-5H3/t8-,9-,10+,11-,12+/m1/s1. The average Bonchev–Trinajstić information content (AvgIpc) is 2.80. The third-order valence-corrected chi connectivity index (χ3v) is 3.70. The van der Waals surface area contributed by atoms with Gasteiger partial charge in [0.25, 0.3) is 0 Å². The van der Waals surface area contributed by atoms with E-state index in [4.69, 9.17) is 28.4 Å². The molecule has 3 heterocycles. The zero-order valence-corrected chi connectivity index (χ0v) is 13.0. The van der Waals surface area contributed by atoms with Crippen molar-refractivity contribution in [2.45, 2.75) is 76.9 Å². The fourth-order valence-corrected chi connectivity index (χ4v) is 3.03. The summed E-state index contributed by atoms with van der Waals surface area (Å²) in [4.78, 5) is 11.0. The lowest BCUT2D eigenvalue weighted by Crippen LogP contribution is -2.56. The van der Waals surface area contributed by atoms with Crippen molar-refractivity contribution in [3.8, 4) is 0 Å². The van der Waals surface area contributed by atoms with E-state index in [-0.39, 0.29) is 30.9 Å². The van der Waals surface area contributed by atoms with E-state index >= 15 is 0 Å². The van der Waals surface area contributed by atoms with Crippen LogP contribution in [0.5, 0.6) is 0 Å². The normalized spacial score (nSPS) is 43.2. The van der Waals surface area contributed by atoms with E-state index in [1.807, 2.05) is 27.7 Å². The van der Waals surface area contributed by atoms with Gasteiger partial charge in [-0.05, 0) is 27.7 Å². The molecule has 3 aliphatic rings. The van der Waals surface area contributed by atoms with Crippen molar-refractivity contribution in [2.24, 2.45) is 0 Å². The summed E-state index contributed by atoms with van der Waals surface area (Å²) in [6.07, 6.45) is -2.04. The third-order valence-electron chi connectivity index (χ3n) is 3.70. The molecule has 0 aromatic heterocycles. The van der Waals surface area contributed by atoms with Crippen LogP contribution >= 0.6 is 0 Å². The second kappa shape index (κ2) is 4.89. The Bertz CT molecular complexity index is 433. The number of fused-ring (bicyclic) bond motifs is 3. The zero-order chi connectivity index (χ0) is 15.4. The summed E-state index contributed by atoms with van der Waals surface area (Å²) >= 11 is 0. The first kappa shape index (κ1) is 15.2. The van der Waals surface area contributed by atoms with Gasteiger partial charge in [0.2, 0.25) is 0 Å². The maximum atomic E-state index is 11.0. The van der Waals surface area contributed by atoms with Gasteiger partial charge in [0, 0.05) is 6.92 Å². The Morgan fingerprint density at radius 1 is 0.952 bits per heavy atom. The molecule has 3 aliphatic heterocycles. The molecule has 0 saturated carbocycles. The number of hydrogen-bond acceptors (Lipinski definition) is 7. The Labute approximate surface area is 123 Å². The van der Waals surface area contributed by atoms with Crippen LogP contribution < -0.4 is 0 Å². The van der Waals surface area contributed by atoms with Crippen LogP contribution in [0.3, 0.4) is 0 Å². The van der Waals surface area contributed by atoms with E-state index in [2.05, 4.69) is 0 Å². The van der Waals surface area contributed by atoms with E-state index < -0.39 is 24.0 Å². The van der Waals surface area contributed by atoms with Crippen LogP contribution in [0.15, 0.2) is 0 Å². The van der Waals surface area contributed by atoms with Crippen molar-refractivity contribution >= 4 is 5.97 Å². The molecule has 7 heteroatoms. The van der Waals surface area contributed by atoms with Gasteiger partial charge in [-0.3, -0.25) is 4.79 Å². The van der Waals surface area contributed by atoms with Crippen LogP contribution in [0.2, 0.25) is 0 Å². The predicted molar refractivity (Wildman–Crippen MR) is 69.2 cm³/mol. The van der Waals surface area contributed by atoms with Crippen molar-refractivity contribution < 1.29 is 33.2 Å². The third kappa shape index (κ3) is 2.93. The van der Waals surface area contributed by atoms with E-state index in [0.29, 0.717) is 0 Å². The number of esters is 1. The lowest BCUT2D eigenvalue weighted by atomic mass is 9.99. The molecule has 21 heavy (non-hydrogen) atoms. The zero-order valence-electron chi connectivity index (χ0n) is 13.0. The summed E-state index contributed by atoms with van der Waals surface area (Å²) < 4.78 is 34.4. The van der Waals surface area contributed by atoms with Crippen LogP contribution in [0.1, 0.15) is 34.6 Å². The molecule has 0 amide bonds. The van der Waals surface area contributed by atoms with Gasteiger partial charge < -0.3 is 28.4 Å². The van der Waals surface area contributed by atoms with Crippen molar-refractivity contribution in [1.29, 1.82) is 0 Å². The lowest BCUT2D eigenvalue weighted by molar-refractivity contribution is -0.242. The molecular weight excluding hydrogens is 280 g/mol. The minimum absolute atomic E-state index is 0.100. The average molecular weight is 302 g/mol. The minimum atomic E-state index is -0.744. The van der Waals surface area contributed by atoms with E-state index in [0.717, 1.165) is 0 Å². The van der Waals surface area contributed by atoms with E-state index in [1.165, 1.54) is 6.92 Å². The fourth-order valence-electron chi connectivity index (χ4n) is 3.03. The van der Waals surface area contributed by atoms with Gasteiger partial charge in [0.05, 0.1) is 0 Å². The number of carbonyl (C=O) groups excluding carboxylic acids is 1. The van der Waals surface area contributed by atoms with Crippen molar-refractivity contribution in [1.82, 2.24) is 0 Å². The number of rotatable bonds is 2. The van der Waals surface area contributed by atoms with Crippen LogP contribution in [0.4, 0.5) is 0 Å². The highest BCUT2D eigenvalue weighted by Crippen LogP contribution is 2.44. The Balaban J connectivity index is 1.80. The second-order valence-electron chi connectivity index (χ2n) is 6.51. The first-order valence-electron chi connectivity index (χ1n) is 7.17. The topological polar surface area (TPSA) is 72.5 Å². The highest BCUT2D eigenvalue weighted by molar-refractivity contribution is 5.65. The molecule has 7 nitrogen and oxygen atoms in total. The minimum Gasteiger partial charge on any atom is -0.463 e. The maximum Gasteiger partial charge on any atom is 0.302 e. The molecule has 3 saturated heterocycles. The number of ether oxygens (including phenoxy) is 6. The SMILES string of the molecule is CC(=O)OC[C@H]1O[C@H]2OC(C)(C)O[C@@H]2[C@H]2OC(C)(C)O[C@@H]21. The largest absolute Gasteiger partial charge is 0.463 e. The van der Waals surface area contributed by atoms with Crippen LogP contribution in [-0.4, -0.2) is 54.9 Å². The molecule has 0 N–H and O–H groups in total. The number of hydrogen-bond donors (Lipinski definition) is 0. The lowest BCUT2D eigenvalue weighted by Gasteiger charge is -2.36. The van der Waals surface area contributed by atoms with Gasteiger partial charge in [-0.15, -0.1) is 0 Å². The fraction of sp³-hybridized carbons (Fsp3) is 0.929. The quantitative estimate of drug-likeness (QED) is 0.703. The summed E-state index contributed by atoms with van der Waals surface area (Å²) in [5, 5.41) is 0. The molecular formula is C14H22O7. The van der Waals surface area contributed by atoms with Gasteiger partial charge in [-0.25, -0.2) is 0 Å². The molecule has 120 valence electrons. The van der Waals surface area contributed by atoms with E-state index in [9.17, 15) is 4.79 Å². The van der Waals surface area contributed by atoms with Crippen molar-refractivity contribution in [3.63, 3.8) is 0 Å². The van der Waals surface area contributed by atoms with E-state index in [1.54, 1.807) is 0 Å². The van der Waals surface area contributed by atoms with Crippen molar-refractivity contribution in [3.05, 3.63) is 0 Å². The molecule has 0 radical (unpaired) electrons. The Morgan fingerprint density at radius 3 is 2.19 bits per heavy atom. The van der Waals surface area contributed by atoms with Gasteiger partial charge in [0.15, 0.2) is 17.9 Å². The first-order valence-corrected chi connectivity index (χ1v) is 7.17. The Hall–Kier alpha value is -0.730. The molecule has 0 unspecified atom stereocenters. The highest BCUT2D eigenvalue weighted by atomic mass is 16.9. The Kier molecular flexibility index (Phi) is 3.53. The Morgan fingerprint density at radius 2 is 1.52 bits per heavy atom. The van der Waals surface area contributed by atoms with Crippen LogP contribution in [0, 0.1) is 0 Å². The second-order valence-corrected chi connectivity index (χ2v) is 6.51. The predicted octanol–water partition coefficient (Wildman–Crippen LogP) is 0.946. The molecule has 0 aromatic rings. The summed E-state index contributed by atoms with van der Waals surface area (Å²) in [5.41, 5.74) is 0. The van der Waals surface area contributed by atoms with Crippen LogP contribution in [0.25, 0.3) is 0 Å². The molecule has 0 spiro atoms. The molecule has 3 rings (SSSR count). The van der Waals surface area contributed by atoms with Gasteiger partial charge in [0.1, 0.15) is 31.0 Å². The summed E-state index contributed by atoms with van der Waals surface area (Å²) in [5.74, 6) is -1.84.